The molecule has 1 unspecified atom stereocenters. The van der Waals surface area contributed by atoms with E-state index in [-0.39, 0.29) is 5.82 Å². The first kappa shape index (κ1) is 13.7. The van der Waals surface area contributed by atoms with Gasteiger partial charge in [0.05, 0.1) is 5.60 Å². The SMILES string of the molecule is Cc1ccc(C(C)(O)Cc2cc(Br)cs2)cc1F. The van der Waals surface area contributed by atoms with Crippen LogP contribution in [-0.2, 0) is 12.0 Å². The van der Waals surface area contributed by atoms with Crippen LogP contribution in [0.15, 0.2) is 34.1 Å². The number of rotatable bonds is 3. The summed E-state index contributed by atoms with van der Waals surface area (Å²) in [5.41, 5.74) is 0.141. The van der Waals surface area contributed by atoms with Gasteiger partial charge in [-0.25, -0.2) is 4.39 Å². The maximum Gasteiger partial charge on any atom is 0.126 e. The molecule has 18 heavy (non-hydrogen) atoms. The third-order valence-corrected chi connectivity index (χ3v) is 4.63. The lowest BCUT2D eigenvalue weighted by Gasteiger charge is -2.23. The molecule has 96 valence electrons. The number of hydrogen-bond acceptors (Lipinski definition) is 2. The Labute approximate surface area is 118 Å². The fraction of sp³-hybridized carbons (Fsp3) is 0.286. The summed E-state index contributed by atoms with van der Waals surface area (Å²) in [6, 6.07) is 6.87. The zero-order valence-electron chi connectivity index (χ0n) is 10.2. The van der Waals surface area contributed by atoms with Crippen molar-refractivity contribution in [1.82, 2.24) is 0 Å². The second-order valence-electron chi connectivity index (χ2n) is 4.65. The topological polar surface area (TPSA) is 20.2 Å². The summed E-state index contributed by atoms with van der Waals surface area (Å²) >= 11 is 4.96. The van der Waals surface area contributed by atoms with Crippen LogP contribution < -0.4 is 0 Å². The van der Waals surface area contributed by atoms with Crippen molar-refractivity contribution in [2.75, 3.05) is 0 Å². The molecule has 4 heteroatoms. The molecule has 0 saturated carbocycles. The summed E-state index contributed by atoms with van der Waals surface area (Å²) in [6.07, 6.45) is 0.478. The van der Waals surface area contributed by atoms with Crippen molar-refractivity contribution in [3.05, 3.63) is 55.9 Å². The Bertz CT molecular complexity index is 563. The van der Waals surface area contributed by atoms with Crippen LogP contribution in [0.25, 0.3) is 0 Å². The number of hydrogen-bond donors (Lipinski definition) is 1. The minimum Gasteiger partial charge on any atom is -0.385 e. The third kappa shape index (κ3) is 2.99. The van der Waals surface area contributed by atoms with Crippen LogP contribution in [0.4, 0.5) is 4.39 Å². The first-order valence-corrected chi connectivity index (χ1v) is 7.28. The Morgan fingerprint density at radius 3 is 2.67 bits per heavy atom. The molecule has 1 N–H and O–H groups in total. The van der Waals surface area contributed by atoms with E-state index >= 15 is 0 Å². The lowest BCUT2D eigenvalue weighted by Crippen LogP contribution is -2.24. The Hall–Kier alpha value is -0.710. The highest BCUT2D eigenvalue weighted by Gasteiger charge is 2.25. The van der Waals surface area contributed by atoms with Crippen LogP contribution in [-0.4, -0.2) is 5.11 Å². The lowest BCUT2D eigenvalue weighted by atomic mass is 9.91. The molecule has 1 aromatic heterocycles. The van der Waals surface area contributed by atoms with Crippen molar-refractivity contribution in [3.8, 4) is 0 Å². The minimum absolute atomic E-state index is 0.278. The van der Waals surface area contributed by atoms with Crippen LogP contribution >= 0.6 is 27.3 Å². The van der Waals surface area contributed by atoms with Crippen LogP contribution in [0, 0.1) is 12.7 Å². The maximum absolute atomic E-state index is 13.5. The van der Waals surface area contributed by atoms with Crippen molar-refractivity contribution < 1.29 is 9.50 Å². The lowest BCUT2D eigenvalue weighted by molar-refractivity contribution is 0.0581. The summed E-state index contributed by atoms with van der Waals surface area (Å²) in [5.74, 6) is -0.278. The maximum atomic E-state index is 13.5. The highest BCUT2D eigenvalue weighted by atomic mass is 79.9. The molecular weight excluding hydrogens is 315 g/mol. The zero-order valence-corrected chi connectivity index (χ0v) is 12.6. The van der Waals surface area contributed by atoms with Gasteiger partial charge in [-0.1, -0.05) is 12.1 Å². The molecule has 0 bridgehead atoms. The van der Waals surface area contributed by atoms with Gasteiger partial charge in [0.15, 0.2) is 0 Å². The molecule has 1 aromatic carbocycles. The summed E-state index contributed by atoms with van der Waals surface area (Å²) in [4.78, 5) is 1.06. The summed E-state index contributed by atoms with van der Waals surface area (Å²) < 4.78 is 14.5. The largest absolute Gasteiger partial charge is 0.385 e. The Kier molecular flexibility index (Phi) is 3.90. The number of halogens is 2. The van der Waals surface area contributed by atoms with Gasteiger partial charge in [0.1, 0.15) is 5.82 Å². The second kappa shape index (κ2) is 5.11. The van der Waals surface area contributed by atoms with Crippen LogP contribution in [0.5, 0.6) is 0 Å². The molecule has 0 spiro atoms. The van der Waals surface area contributed by atoms with Gasteiger partial charge in [-0.05, 0) is 53.0 Å². The van der Waals surface area contributed by atoms with Crippen molar-refractivity contribution in [2.24, 2.45) is 0 Å². The first-order valence-electron chi connectivity index (χ1n) is 5.60. The average molecular weight is 329 g/mol. The monoisotopic (exact) mass is 328 g/mol. The number of aryl methyl sites for hydroxylation is 1. The Morgan fingerprint density at radius 2 is 2.11 bits per heavy atom. The predicted molar refractivity (Wildman–Crippen MR) is 76.4 cm³/mol. The van der Waals surface area contributed by atoms with E-state index in [1.165, 1.54) is 6.07 Å². The molecule has 1 nitrogen and oxygen atoms in total. The van der Waals surface area contributed by atoms with E-state index < -0.39 is 5.60 Å². The Balaban J connectivity index is 2.26. The predicted octanol–water partition coefficient (Wildman–Crippen LogP) is 4.41. The molecule has 0 saturated heterocycles. The van der Waals surface area contributed by atoms with Crippen LogP contribution in [0.2, 0.25) is 0 Å². The number of thiophene rings is 1. The molecule has 0 radical (unpaired) electrons. The molecule has 2 rings (SSSR count). The quantitative estimate of drug-likeness (QED) is 0.884. The first-order chi connectivity index (χ1) is 8.38. The molecule has 0 aliphatic carbocycles. The van der Waals surface area contributed by atoms with E-state index in [9.17, 15) is 9.50 Å². The van der Waals surface area contributed by atoms with Gasteiger partial charge in [0, 0.05) is 21.2 Å². The summed E-state index contributed by atoms with van der Waals surface area (Å²) in [7, 11) is 0. The van der Waals surface area contributed by atoms with Crippen LogP contribution in [0.3, 0.4) is 0 Å². The van der Waals surface area contributed by atoms with Gasteiger partial charge < -0.3 is 5.11 Å². The van der Waals surface area contributed by atoms with Crippen molar-refractivity contribution in [1.29, 1.82) is 0 Å². The summed E-state index contributed by atoms with van der Waals surface area (Å²) in [5, 5.41) is 12.5. The van der Waals surface area contributed by atoms with Crippen molar-refractivity contribution >= 4 is 27.3 Å². The van der Waals surface area contributed by atoms with Gasteiger partial charge in [-0.15, -0.1) is 11.3 Å². The third-order valence-electron chi connectivity index (χ3n) is 2.93. The molecule has 0 fully saturated rings. The molecular formula is C14H14BrFOS. The average Bonchev–Trinajstić information content (AvgIpc) is 2.67. The summed E-state index contributed by atoms with van der Waals surface area (Å²) in [6.45, 7) is 3.43. The van der Waals surface area contributed by atoms with E-state index in [2.05, 4.69) is 15.9 Å². The molecule has 0 aliphatic heterocycles. The second-order valence-corrected chi connectivity index (χ2v) is 6.56. The fourth-order valence-corrected chi connectivity index (χ4v) is 3.42. The van der Waals surface area contributed by atoms with Crippen LogP contribution in [0.1, 0.15) is 22.9 Å². The molecule has 1 atom stereocenters. The highest BCUT2D eigenvalue weighted by molar-refractivity contribution is 9.10. The minimum atomic E-state index is -1.06. The fourth-order valence-electron chi connectivity index (χ4n) is 1.82. The van der Waals surface area contributed by atoms with Gasteiger partial charge in [-0.3, -0.25) is 0 Å². The zero-order chi connectivity index (χ0) is 13.3. The van der Waals surface area contributed by atoms with E-state index in [1.54, 1.807) is 37.3 Å². The van der Waals surface area contributed by atoms with E-state index in [0.29, 0.717) is 17.5 Å². The van der Waals surface area contributed by atoms with Gasteiger partial charge >= 0.3 is 0 Å². The van der Waals surface area contributed by atoms with Crippen molar-refractivity contribution in [3.63, 3.8) is 0 Å². The van der Waals surface area contributed by atoms with Gasteiger partial charge in [-0.2, -0.15) is 0 Å². The highest BCUT2D eigenvalue weighted by Crippen LogP contribution is 2.30. The van der Waals surface area contributed by atoms with Gasteiger partial charge in [0.2, 0.25) is 0 Å². The Morgan fingerprint density at radius 1 is 1.39 bits per heavy atom. The number of benzene rings is 1. The molecule has 0 amide bonds. The normalized spacial score (nSPS) is 14.5. The smallest absolute Gasteiger partial charge is 0.126 e. The molecule has 0 aliphatic rings. The van der Waals surface area contributed by atoms with E-state index in [4.69, 9.17) is 0 Å². The molecule has 1 heterocycles. The standard InChI is InChI=1S/C14H14BrFOS/c1-9-3-4-10(5-13(9)16)14(2,17)7-12-6-11(15)8-18-12/h3-6,8,17H,7H2,1-2H3. The van der Waals surface area contributed by atoms with E-state index in [0.717, 1.165) is 9.35 Å². The van der Waals surface area contributed by atoms with Crippen molar-refractivity contribution in [2.45, 2.75) is 25.9 Å². The number of aliphatic hydroxyl groups is 1. The van der Waals surface area contributed by atoms with Gasteiger partial charge in [0.25, 0.3) is 0 Å². The molecule has 2 aromatic rings. The van der Waals surface area contributed by atoms with E-state index in [1.807, 2.05) is 11.4 Å².